The first kappa shape index (κ1) is 9.85. The SMILES string of the molecule is NC(=O)C1(c2ccc3c(c2)CCC3)COC1. The van der Waals surface area contributed by atoms with Gasteiger partial charge in [0.1, 0.15) is 5.41 Å². The fraction of sp³-hybridized carbons (Fsp3) is 0.462. The summed E-state index contributed by atoms with van der Waals surface area (Å²) in [6.07, 6.45) is 3.51. The van der Waals surface area contributed by atoms with Crippen molar-refractivity contribution in [2.75, 3.05) is 13.2 Å². The zero-order valence-electron chi connectivity index (χ0n) is 9.16. The van der Waals surface area contributed by atoms with Gasteiger partial charge in [-0.1, -0.05) is 18.2 Å². The van der Waals surface area contributed by atoms with Gasteiger partial charge in [0.2, 0.25) is 5.91 Å². The molecule has 1 saturated heterocycles. The third-order valence-electron chi connectivity index (χ3n) is 3.82. The Hall–Kier alpha value is -1.35. The number of ether oxygens (including phenoxy) is 1. The van der Waals surface area contributed by atoms with Gasteiger partial charge in [-0.3, -0.25) is 4.79 Å². The van der Waals surface area contributed by atoms with Gasteiger partial charge in [-0.2, -0.15) is 0 Å². The Labute approximate surface area is 94.6 Å². The number of aryl methyl sites for hydroxylation is 2. The zero-order valence-corrected chi connectivity index (χ0v) is 9.16. The molecular weight excluding hydrogens is 202 g/mol. The first-order valence-corrected chi connectivity index (χ1v) is 5.72. The largest absolute Gasteiger partial charge is 0.378 e. The number of amides is 1. The molecule has 0 unspecified atom stereocenters. The summed E-state index contributed by atoms with van der Waals surface area (Å²) in [4.78, 5) is 11.5. The minimum Gasteiger partial charge on any atom is -0.378 e. The molecule has 84 valence electrons. The molecule has 1 aromatic rings. The second-order valence-corrected chi connectivity index (χ2v) is 4.78. The van der Waals surface area contributed by atoms with Crippen LogP contribution in [-0.2, 0) is 27.8 Å². The number of hydrogen-bond acceptors (Lipinski definition) is 2. The van der Waals surface area contributed by atoms with E-state index in [1.54, 1.807) is 0 Å². The molecule has 2 aliphatic rings. The Bertz CT molecular complexity index is 449. The van der Waals surface area contributed by atoms with E-state index in [2.05, 4.69) is 12.1 Å². The fourth-order valence-electron chi connectivity index (χ4n) is 2.63. The van der Waals surface area contributed by atoms with E-state index >= 15 is 0 Å². The van der Waals surface area contributed by atoms with Crippen LogP contribution >= 0.6 is 0 Å². The van der Waals surface area contributed by atoms with E-state index in [9.17, 15) is 4.79 Å². The molecule has 1 aliphatic heterocycles. The molecule has 1 heterocycles. The van der Waals surface area contributed by atoms with Crippen LogP contribution in [0.5, 0.6) is 0 Å². The molecule has 0 saturated carbocycles. The lowest BCUT2D eigenvalue weighted by Crippen LogP contribution is -2.56. The van der Waals surface area contributed by atoms with Gasteiger partial charge in [0.05, 0.1) is 13.2 Å². The van der Waals surface area contributed by atoms with Crippen molar-refractivity contribution in [2.24, 2.45) is 5.73 Å². The van der Waals surface area contributed by atoms with Gasteiger partial charge in [0.15, 0.2) is 0 Å². The Morgan fingerprint density at radius 2 is 2.00 bits per heavy atom. The molecule has 2 N–H and O–H groups in total. The Morgan fingerprint density at radius 1 is 1.25 bits per heavy atom. The van der Waals surface area contributed by atoms with Crippen molar-refractivity contribution in [2.45, 2.75) is 24.7 Å². The van der Waals surface area contributed by atoms with Crippen LogP contribution < -0.4 is 5.73 Å². The molecule has 3 heteroatoms. The van der Waals surface area contributed by atoms with Crippen LogP contribution in [0.3, 0.4) is 0 Å². The molecule has 0 spiro atoms. The molecule has 0 radical (unpaired) electrons. The van der Waals surface area contributed by atoms with Crippen molar-refractivity contribution in [3.63, 3.8) is 0 Å². The van der Waals surface area contributed by atoms with Gasteiger partial charge in [-0.25, -0.2) is 0 Å². The van der Waals surface area contributed by atoms with Gasteiger partial charge < -0.3 is 10.5 Å². The van der Waals surface area contributed by atoms with E-state index in [1.165, 1.54) is 17.5 Å². The number of hydrogen-bond donors (Lipinski definition) is 1. The van der Waals surface area contributed by atoms with Gasteiger partial charge in [0, 0.05) is 0 Å². The molecule has 0 atom stereocenters. The third kappa shape index (κ3) is 1.21. The molecule has 1 aromatic carbocycles. The van der Waals surface area contributed by atoms with Crippen LogP contribution in [0.2, 0.25) is 0 Å². The molecule has 3 nitrogen and oxygen atoms in total. The Balaban J connectivity index is 2.03. The maximum Gasteiger partial charge on any atom is 0.232 e. The number of fused-ring (bicyclic) bond motifs is 1. The first-order valence-electron chi connectivity index (χ1n) is 5.72. The normalized spacial score (nSPS) is 21.2. The van der Waals surface area contributed by atoms with E-state index in [4.69, 9.17) is 10.5 Å². The highest BCUT2D eigenvalue weighted by molar-refractivity contribution is 5.88. The predicted octanol–water partition coefficient (Wildman–Crippen LogP) is 0.929. The van der Waals surface area contributed by atoms with Gasteiger partial charge in [0.25, 0.3) is 0 Å². The molecular formula is C13H15NO2. The number of benzene rings is 1. The summed E-state index contributed by atoms with van der Waals surface area (Å²) in [6, 6.07) is 6.33. The topological polar surface area (TPSA) is 52.3 Å². The van der Waals surface area contributed by atoms with E-state index < -0.39 is 5.41 Å². The summed E-state index contributed by atoms with van der Waals surface area (Å²) < 4.78 is 5.17. The molecule has 0 bridgehead atoms. The van der Waals surface area contributed by atoms with Crippen molar-refractivity contribution in [1.29, 1.82) is 0 Å². The van der Waals surface area contributed by atoms with Crippen molar-refractivity contribution >= 4 is 5.91 Å². The number of rotatable bonds is 2. The van der Waals surface area contributed by atoms with Crippen molar-refractivity contribution in [1.82, 2.24) is 0 Å². The molecule has 3 rings (SSSR count). The lowest BCUT2D eigenvalue weighted by atomic mass is 9.77. The molecule has 1 amide bonds. The minimum atomic E-state index is -0.558. The molecule has 16 heavy (non-hydrogen) atoms. The molecule has 1 fully saturated rings. The third-order valence-corrected chi connectivity index (χ3v) is 3.82. The van der Waals surface area contributed by atoms with E-state index in [-0.39, 0.29) is 5.91 Å². The molecule has 0 aromatic heterocycles. The average molecular weight is 217 g/mol. The minimum absolute atomic E-state index is 0.267. The van der Waals surface area contributed by atoms with Crippen molar-refractivity contribution < 1.29 is 9.53 Å². The second-order valence-electron chi connectivity index (χ2n) is 4.78. The van der Waals surface area contributed by atoms with Gasteiger partial charge >= 0.3 is 0 Å². The summed E-state index contributed by atoms with van der Waals surface area (Å²) in [5.74, 6) is -0.267. The fourth-order valence-corrected chi connectivity index (χ4v) is 2.63. The lowest BCUT2D eigenvalue weighted by Gasteiger charge is -2.39. The number of nitrogens with two attached hydrogens (primary N) is 1. The van der Waals surface area contributed by atoms with Crippen LogP contribution in [-0.4, -0.2) is 19.1 Å². The van der Waals surface area contributed by atoms with Crippen molar-refractivity contribution in [3.8, 4) is 0 Å². The summed E-state index contributed by atoms with van der Waals surface area (Å²) in [7, 11) is 0. The highest BCUT2D eigenvalue weighted by atomic mass is 16.5. The highest BCUT2D eigenvalue weighted by Gasteiger charge is 2.46. The van der Waals surface area contributed by atoms with Crippen LogP contribution in [0.4, 0.5) is 0 Å². The van der Waals surface area contributed by atoms with Crippen molar-refractivity contribution in [3.05, 3.63) is 34.9 Å². The predicted molar refractivity (Wildman–Crippen MR) is 60.2 cm³/mol. The maximum atomic E-state index is 11.5. The van der Waals surface area contributed by atoms with Crippen LogP contribution in [0.15, 0.2) is 18.2 Å². The van der Waals surface area contributed by atoms with Crippen LogP contribution in [0.25, 0.3) is 0 Å². The van der Waals surface area contributed by atoms with E-state index in [1.807, 2.05) is 6.07 Å². The summed E-state index contributed by atoms with van der Waals surface area (Å²) in [5.41, 5.74) is 8.77. The summed E-state index contributed by atoms with van der Waals surface area (Å²) in [5, 5.41) is 0. The Kier molecular flexibility index (Phi) is 2.04. The quantitative estimate of drug-likeness (QED) is 0.801. The average Bonchev–Trinajstić information content (AvgIpc) is 2.62. The summed E-state index contributed by atoms with van der Waals surface area (Å²) >= 11 is 0. The van der Waals surface area contributed by atoms with Crippen LogP contribution in [0, 0.1) is 0 Å². The lowest BCUT2D eigenvalue weighted by molar-refractivity contribution is -0.141. The second kappa shape index (κ2) is 3.32. The first-order chi connectivity index (χ1) is 7.72. The smallest absolute Gasteiger partial charge is 0.232 e. The standard InChI is InChI=1S/C13H15NO2/c14-12(15)13(7-16-8-13)11-5-4-9-2-1-3-10(9)6-11/h4-6H,1-3,7-8H2,(H2,14,15). The van der Waals surface area contributed by atoms with Gasteiger partial charge in [-0.05, 0) is 36.0 Å². The Morgan fingerprint density at radius 3 is 2.62 bits per heavy atom. The maximum absolute atomic E-state index is 11.5. The number of carbonyl (C=O) groups excluding carboxylic acids is 1. The number of primary amides is 1. The zero-order chi connectivity index (χ0) is 11.2. The van der Waals surface area contributed by atoms with E-state index in [0.717, 1.165) is 18.4 Å². The van der Waals surface area contributed by atoms with Crippen LogP contribution in [0.1, 0.15) is 23.1 Å². The monoisotopic (exact) mass is 217 g/mol. The number of carbonyl (C=O) groups is 1. The van der Waals surface area contributed by atoms with E-state index in [0.29, 0.717) is 13.2 Å². The summed E-state index contributed by atoms with van der Waals surface area (Å²) in [6.45, 7) is 0.863. The molecule has 1 aliphatic carbocycles. The van der Waals surface area contributed by atoms with Gasteiger partial charge in [-0.15, -0.1) is 0 Å². The highest BCUT2D eigenvalue weighted by Crippen LogP contribution is 2.34.